The van der Waals surface area contributed by atoms with E-state index in [9.17, 15) is 9.59 Å². The molecule has 0 bridgehead atoms. The molecule has 1 aliphatic heterocycles. The van der Waals surface area contributed by atoms with Gasteiger partial charge < -0.3 is 15.2 Å². The minimum atomic E-state index is -0.174. The number of hydrogen-bond donors (Lipinski definition) is 2. The highest BCUT2D eigenvalue weighted by molar-refractivity contribution is 5.94. The molecule has 2 heterocycles. The summed E-state index contributed by atoms with van der Waals surface area (Å²) in [6, 6.07) is 1.84. The second-order valence-corrected chi connectivity index (χ2v) is 6.28. The van der Waals surface area contributed by atoms with E-state index in [1.165, 1.54) is 6.07 Å². The largest absolute Gasteiger partial charge is 0.364 e. The maximum Gasteiger partial charge on any atom is 0.259 e. The van der Waals surface area contributed by atoms with Crippen molar-refractivity contribution in [3.63, 3.8) is 0 Å². The number of piperidine rings is 1. The molecule has 2 N–H and O–H groups in total. The van der Waals surface area contributed by atoms with Crippen molar-refractivity contribution in [2.75, 3.05) is 19.6 Å². The number of hydrogen-bond acceptors (Lipinski definition) is 3. The van der Waals surface area contributed by atoms with Crippen LogP contribution in [0.2, 0.25) is 0 Å². The summed E-state index contributed by atoms with van der Waals surface area (Å²) >= 11 is 0. The van der Waals surface area contributed by atoms with Crippen molar-refractivity contribution < 1.29 is 4.79 Å². The third-order valence-electron chi connectivity index (χ3n) is 4.45. The molecule has 0 aromatic carbocycles. The van der Waals surface area contributed by atoms with Gasteiger partial charge in [0.1, 0.15) is 5.56 Å². The first-order valence-corrected chi connectivity index (χ1v) is 7.86. The Hall–Kier alpha value is -1.62. The van der Waals surface area contributed by atoms with Crippen molar-refractivity contribution in [3.05, 3.63) is 33.7 Å². The molecule has 5 nitrogen and oxygen atoms in total. The molecule has 3 rings (SSSR count). The Bertz CT molecular complexity index is 571. The fourth-order valence-corrected chi connectivity index (χ4v) is 3.02. The molecule has 1 amide bonds. The zero-order valence-electron chi connectivity index (χ0n) is 12.5. The summed E-state index contributed by atoms with van der Waals surface area (Å²) in [5.41, 5.74) is 0.890. The normalized spacial score (nSPS) is 19.5. The van der Waals surface area contributed by atoms with Crippen LogP contribution in [-0.4, -0.2) is 41.5 Å². The maximum atomic E-state index is 12.7. The van der Waals surface area contributed by atoms with E-state index in [1.54, 1.807) is 6.20 Å². The molecule has 1 saturated carbocycles. The van der Waals surface area contributed by atoms with Crippen molar-refractivity contribution in [1.29, 1.82) is 0 Å². The molecular formula is C16H23N3O2. The van der Waals surface area contributed by atoms with Gasteiger partial charge in [0.15, 0.2) is 5.43 Å². The molecular weight excluding hydrogens is 266 g/mol. The lowest BCUT2D eigenvalue weighted by molar-refractivity contribution is 0.0700. The molecule has 114 valence electrons. The summed E-state index contributed by atoms with van der Waals surface area (Å²) in [5.74, 6) is 0.456. The fraction of sp³-hybridized carbons (Fsp3) is 0.625. The van der Waals surface area contributed by atoms with Gasteiger partial charge in [0.25, 0.3) is 5.91 Å². The number of aromatic nitrogens is 1. The average molecular weight is 289 g/mol. The first-order valence-electron chi connectivity index (χ1n) is 7.86. The molecule has 1 aliphatic carbocycles. The van der Waals surface area contributed by atoms with Gasteiger partial charge in [-0.15, -0.1) is 0 Å². The van der Waals surface area contributed by atoms with Crippen LogP contribution in [0.3, 0.4) is 0 Å². The topological polar surface area (TPSA) is 65.2 Å². The lowest BCUT2D eigenvalue weighted by Gasteiger charge is -2.30. The number of carbonyl (C=O) groups is 1. The van der Waals surface area contributed by atoms with Gasteiger partial charge in [0.05, 0.1) is 0 Å². The number of amides is 1. The Balaban J connectivity index is 1.76. The number of aryl methyl sites for hydroxylation is 1. The number of nitrogens with one attached hydrogen (secondary N) is 2. The summed E-state index contributed by atoms with van der Waals surface area (Å²) in [5, 5.41) is 3.35. The Kier molecular flexibility index (Phi) is 4.10. The summed E-state index contributed by atoms with van der Waals surface area (Å²) < 4.78 is 0. The van der Waals surface area contributed by atoms with Gasteiger partial charge >= 0.3 is 0 Å². The minimum absolute atomic E-state index is 0.0997. The lowest BCUT2D eigenvalue weighted by Crippen LogP contribution is -2.42. The van der Waals surface area contributed by atoms with Crippen LogP contribution in [0.25, 0.3) is 0 Å². The Morgan fingerprint density at radius 3 is 2.62 bits per heavy atom. The van der Waals surface area contributed by atoms with Gasteiger partial charge in [-0.25, -0.2) is 0 Å². The number of nitrogens with zero attached hydrogens (tertiary/aromatic N) is 1. The number of rotatable bonds is 4. The van der Waals surface area contributed by atoms with Crippen LogP contribution < -0.4 is 10.7 Å². The monoisotopic (exact) mass is 289 g/mol. The lowest BCUT2D eigenvalue weighted by atomic mass is 9.97. The molecule has 1 saturated heterocycles. The molecule has 21 heavy (non-hydrogen) atoms. The van der Waals surface area contributed by atoms with E-state index in [2.05, 4.69) is 10.3 Å². The van der Waals surface area contributed by atoms with Crippen molar-refractivity contribution in [2.24, 2.45) is 5.92 Å². The molecule has 2 aliphatic rings. The smallest absolute Gasteiger partial charge is 0.259 e. The van der Waals surface area contributed by atoms with E-state index in [0.29, 0.717) is 12.0 Å². The molecule has 2 fully saturated rings. The van der Waals surface area contributed by atoms with Gasteiger partial charge in [-0.2, -0.15) is 0 Å². The van der Waals surface area contributed by atoms with E-state index >= 15 is 0 Å². The molecule has 0 radical (unpaired) electrons. The van der Waals surface area contributed by atoms with Gasteiger partial charge in [0, 0.05) is 30.5 Å². The summed E-state index contributed by atoms with van der Waals surface area (Å²) in [6.07, 6.45) is 5.93. The zero-order valence-corrected chi connectivity index (χ0v) is 12.5. The van der Waals surface area contributed by atoms with Crippen LogP contribution in [0.4, 0.5) is 0 Å². The molecule has 1 aromatic heterocycles. The number of carbonyl (C=O) groups excluding carboxylic acids is 1. The van der Waals surface area contributed by atoms with Crippen LogP contribution in [0.15, 0.2) is 17.1 Å². The average Bonchev–Trinajstić information content (AvgIpc) is 3.30. The number of aromatic amines is 1. The minimum Gasteiger partial charge on any atom is -0.364 e. The van der Waals surface area contributed by atoms with Crippen molar-refractivity contribution >= 4 is 5.91 Å². The van der Waals surface area contributed by atoms with Gasteiger partial charge in [0.2, 0.25) is 0 Å². The molecule has 1 aromatic rings. The number of H-pyrrole nitrogens is 1. The van der Waals surface area contributed by atoms with Crippen molar-refractivity contribution in [2.45, 2.75) is 38.6 Å². The SMILES string of the molecule is Cc1cc(=O)c(C(=O)N(CC2CCNCC2)C2CC2)c[nH]1. The third-order valence-corrected chi connectivity index (χ3v) is 4.45. The number of pyridine rings is 1. The van der Waals surface area contributed by atoms with E-state index in [1.807, 2.05) is 11.8 Å². The maximum absolute atomic E-state index is 12.7. The summed E-state index contributed by atoms with van der Waals surface area (Å²) in [6.45, 7) is 4.67. The van der Waals surface area contributed by atoms with Crippen LogP contribution in [0.1, 0.15) is 41.7 Å². The summed E-state index contributed by atoms with van der Waals surface area (Å²) in [7, 11) is 0. The summed E-state index contributed by atoms with van der Waals surface area (Å²) in [4.78, 5) is 29.7. The van der Waals surface area contributed by atoms with Crippen LogP contribution in [-0.2, 0) is 0 Å². The Morgan fingerprint density at radius 1 is 1.29 bits per heavy atom. The highest BCUT2D eigenvalue weighted by Gasteiger charge is 2.35. The highest BCUT2D eigenvalue weighted by atomic mass is 16.2. The van der Waals surface area contributed by atoms with E-state index in [0.717, 1.165) is 51.0 Å². The third kappa shape index (κ3) is 3.35. The van der Waals surface area contributed by atoms with E-state index in [4.69, 9.17) is 0 Å². The quantitative estimate of drug-likeness (QED) is 0.878. The van der Waals surface area contributed by atoms with E-state index < -0.39 is 0 Å². The fourth-order valence-electron chi connectivity index (χ4n) is 3.02. The van der Waals surface area contributed by atoms with E-state index in [-0.39, 0.29) is 16.9 Å². The van der Waals surface area contributed by atoms with Crippen molar-refractivity contribution in [1.82, 2.24) is 15.2 Å². The van der Waals surface area contributed by atoms with Crippen LogP contribution >= 0.6 is 0 Å². The standard InChI is InChI=1S/C16H23N3O2/c1-11-8-15(20)14(9-18-11)16(21)19(13-2-3-13)10-12-4-6-17-7-5-12/h8-9,12-13,17H,2-7,10H2,1H3,(H,18,20). The molecule has 0 spiro atoms. The molecule has 0 unspecified atom stereocenters. The second-order valence-electron chi connectivity index (χ2n) is 6.28. The van der Waals surface area contributed by atoms with Crippen LogP contribution in [0.5, 0.6) is 0 Å². The Morgan fingerprint density at radius 2 is 2.00 bits per heavy atom. The molecule has 5 heteroatoms. The predicted molar refractivity (Wildman–Crippen MR) is 81.5 cm³/mol. The zero-order chi connectivity index (χ0) is 14.8. The molecule has 0 atom stereocenters. The first-order chi connectivity index (χ1) is 10.1. The van der Waals surface area contributed by atoms with Gasteiger partial charge in [-0.3, -0.25) is 9.59 Å². The van der Waals surface area contributed by atoms with Gasteiger partial charge in [-0.05, 0) is 51.6 Å². The second kappa shape index (κ2) is 6.02. The predicted octanol–water partition coefficient (Wildman–Crippen LogP) is 1.29. The van der Waals surface area contributed by atoms with Crippen LogP contribution in [0, 0.1) is 12.8 Å². The Labute approximate surface area is 124 Å². The van der Waals surface area contributed by atoms with Gasteiger partial charge in [-0.1, -0.05) is 0 Å². The first kappa shape index (κ1) is 14.3. The highest BCUT2D eigenvalue weighted by Crippen LogP contribution is 2.30. The van der Waals surface area contributed by atoms with Crippen molar-refractivity contribution in [3.8, 4) is 0 Å².